The molecule has 0 bridgehead atoms. The molecule has 0 saturated heterocycles. The molecular weight excluding hydrogens is 230 g/mol. The molecule has 0 fully saturated rings. The minimum absolute atomic E-state index is 0.275. The quantitative estimate of drug-likeness (QED) is 0.595. The van der Waals surface area contributed by atoms with Gasteiger partial charge < -0.3 is 0 Å². The predicted molar refractivity (Wildman–Crippen MR) is 60.1 cm³/mol. The van der Waals surface area contributed by atoms with Crippen LogP contribution in [-0.4, -0.2) is 15.0 Å². The topological polar surface area (TPSA) is 38.7 Å². The van der Waals surface area contributed by atoms with Gasteiger partial charge >= 0.3 is 0 Å². The summed E-state index contributed by atoms with van der Waals surface area (Å²) in [7, 11) is 0. The summed E-state index contributed by atoms with van der Waals surface area (Å²) in [4.78, 5) is 13.1. The Morgan fingerprint density at radius 3 is 2.73 bits per heavy atom. The van der Waals surface area contributed by atoms with Crippen LogP contribution in [0.25, 0.3) is 0 Å². The molecule has 2 heterocycles. The van der Waals surface area contributed by atoms with Crippen LogP contribution in [0.5, 0.6) is 0 Å². The van der Waals surface area contributed by atoms with Crippen molar-refractivity contribution < 1.29 is 0 Å². The summed E-state index contributed by atoms with van der Waals surface area (Å²) in [6.07, 6.45) is 5.22. The highest BCUT2D eigenvalue weighted by molar-refractivity contribution is 7.99. The number of hydrogen-bond donors (Lipinski definition) is 0. The van der Waals surface area contributed by atoms with Crippen LogP contribution in [0.3, 0.4) is 0 Å². The van der Waals surface area contributed by atoms with Gasteiger partial charge in [0.15, 0.2) is 0 Å². The molecule has 2 aromatic rings. The lowest BCUT2D eigenvalue weighted by atomic mass is 10.4. The fourth-order valence-corrected chi connectivity index (χ4v) is 2.04. The fraction of sp³-hybridized carbons (Fsp3) is 0.100. The van der Waals surface area contributed by atoms with E-state index in [1.165, 1.54) is 0 Å². The molecule has 76 valence electrons. The molecule has 0 aromatic carbocycles. The van der Waals surface area contributed by atoms with E-state index >= 15 is 0 Å². The van der Waals surface area contributed by atoms with E-state index in [1.54, 1.807) is 30.4 Å². The van der Waals surface area contributed by atoms with Crippen molar-refractivity contribution in [2.75, 3.05) is 0 Å². The van der Waals surface area contributed by atoms with E-state index in [2.05, 4.69) is 15.0 Å². The summed E-state index contributed by atoms with van der Waals surface area (Å²) >= 11 is 7.29. The van der Waals surface area contributed by atoms with E-state index in [1.807, 2.05) is 19.1 Å². The molecule has 3 nitrogen and oxygen atoms in total. The van der Waals surface area contributed by atoms with Gasteiger partial charge in [-0.25, -0.2) is 9.97 Å². The molecule has 5 heteroatoms. The van der Waals surface area contributed by atoms with Crippen LogP contribution in [0.15, 0.2) is 40.6 Å². The van der Waals surface area contributed by atoms with Crippen molar-refractivity contribution in [2.24, 2.45) is 0 Å². The standard InChI is InChI=1S/C10H8ClN3S/c1-7-6-13-10(11)14-9(7)15-8-2-4-12-5-3-8/h2-6H,1H3. The van der Waals surface area contributed by atoms with Crippen molar-refractivity contribution in [3.05, 3.63) is 41.6 Å². The first-order valence-corrected chi connectivity index (χ1v) is 5.52. The smallest absolute Gasteiger partial charge is 0.223 e. The Labute approximate surface area is 96.9 Å². The summed E-state index contributed by atoms with van der Waals surface area (Å²) in [5.41, 5.74) is 1.02. The highest BCUT2D eigenvalue weighted by Gasteiger charge is 2.04. The van der Waals surface area contributed by atoms with Crippen molar-refractivity contribution in [1.29, 1.82) is 0 Å². The highest BCUT2D eigenvalue weighted by atomic mass is 35.5. The van der Waals surface area contributed by atoms with Crippen LogP contribution >= 0.6 is 23.4 Å². The maximum absolute atomic E-state index is 5.74. The van der Waals surface area contributed by atoms with Crippen molar-refractivity contribution in [3.8, 4) is 0 Å². The van der Waals surface area contributed by atoms with Crippen molar-refractivity contribution in [1.82, 2.24) is 15.0 Å². The van der Waals surface area contributed by atoms with E-state index in [0.717, 1.165) is 15.5 Å². The molecule has 0 spiro atoms. The van der Waals surface area contributed by atoms with Gasteiger partial charge in [-0.3, -0.25) is 4.98 Å². The lowest BCUT2D eigenvalue weighted by Gasteiger charge is -2.03. The minimum Gasteiger partial charge on any atom is -0.265 e. The van der Waals surface area contributed by atoms with Crippen LogP contribution in [0, 0.1) is 6.92 Å². The summed E-state index contributed by atoms with van der Waals surface area (Å²) in [5.74, 6) is 0. The molecule has 0 radical (unpaired) electrons. The van der Waals surface area contributed by atoms with E-state index in [9.17, 15) is 0 Å². The van der Waals surface area contributed by atoms with Gasteiger partial charge in [0.2, 0.25) is 5.28 Å². The summed E-state index contributed by atoms with van der Waals surface area (Å²) < 4.78 is 0. The van der Waals surface area contributed by atoms with Gasteiger partial charge in [0.25, 0.3) is 0 Å². The summed E-state index contributed by atoms with van der Waals surface area (Å²) in [6, 6.07) is 3.86. The first kappa shape index (κ1) is 10.4. The van der Waals surface area contributed by atoms with Gasteiger partial charge in [0.1, 0.15) is 5.03 Å². The zero-order valence-corrected chi connectivity index (χ0v) is 9.59. The Balaban J connectivity index is 2.28. The van der Waals surface area contributed by atoms with Gasteiger partial charge in [0.05, 0.1) is 0 Å². The first-order valence-electron chi connectivity index (χ1n) is 4.33. The number of nitrogens with zero attached hydrogens (tertiary/aromatic N) is 3. The number of rotatable bonds is 2. The molecule has 0 amide bonds. The van der Waals surface area contributed by atoms with Crippen LogP contribution < -0.4 is 0 Å². The molecule has 0 atom stereocenters. The molecular formula is C10H8ClN3S. The molecule has 0 unspecified atom stereocenters. The molecule has 0 aliphatic heterocycles. The Morgan fingerprint density at radius 2 is 2.00 bits per heavy atom. The third kappa shape index (κ3) is 2.67. The molecule has 0 saturated carbocycles. The van der Waals surface area contributed by atoms with Gasteiger partial charge in [-0.15, -0.1) is 0 Å². The number of aromatic nitrogens is 3. The average Bonchev–Trinajstić information content (AvgIpc) is 2.25. The first-order chi connectivity index (χ1) is 7.25. The zero-order chi connectivity index (χ0) is 10.7. The van der Waals surface area contributed by atoms with Crippen LogP contribution in [0.2, 0.25) is 5.28 Å². The second-order valence-corrected chi connectivity index (χ2v) is 4.31. The SMILES string of the molecule is Cc1cnc(Cl)nc1Sc1ccncc1. The van der Waals surface area contributed by atoms with E-state index in [-0.39, 0.29) is 5.28 Å². The van der Waals surface area contributed by atoms with Gasteiger partial charge in [0, 0.05) is 29.0 Å². The Bertz CT molecular complexity index is 461. The normalized spacial score (nSPS) is 10.3. The Morgan fingerprint density at radius 1 is 1.27 bits per heavy atom. The lowest BCUT2D eigenvalue weighted by molar-refractivity contribution is 1.00. The van der Waals surface area contributed by atoms with Gasteiger partial charge in [-0.2, -0.15) is 0 Å². The average molecular weight is 238 g/mol. The molecule has 15 heavy (non-hydrogen) atoms. The van der Waals surface area contributed by atoms with E-state index in [0.29, 0.717) is 0 Å². The third-order valence-corrected chi connectivity index (χ3v) is 3.06. The number of halogens is 1. The van der Waals surface area contributed by atoms with Gasteiger partial charge in [-0.1, -0.05) is 11.8 Å². The maximum atomic E-state index is 5.74. The Hall–Kier alpha value is -1.13. The molecule has 2 rings (SSSR count). The summed E-state index contributed by atoms with van der Waals surface area (Å²) in [5, 5.41) is 1.15. The minimum atomic E-state index is 0.275. The van der Waals surface area contributed by atoms with Gasteiger partial charge in [-0.05, 0) is 30.7 Å². The molecule has 2 aromatic heterocycles. The molecule has 0 aliphatic rings. The van der Waals surface area contributed by atoms with E-state index in [4.69, 9.17) is 11.6 Å². The number of pyridine rings is 1. The Kier molecular flexibility index (Phi) is 3.18. The maximum Gasteiger partial charge on any atom is 0.223 e. The molecule has 0 N–H and O–H groups in total. The largest absolute Gasteiger partial charge is 0.265 e. The van der Waals surface area contributed by atoms with Crippen molar-refractivity contribution in [3.63, 3.8) is 0 Å². The third-order valence-electron chi connectivity index (χ3n) is 1.76. The highest BCUT2D eigenvalue weighted by Crippen LogP contribution is 2.28. The lowest BCUT2D eigenvalue weighted by Crippen LogP contribution is -1.89. The van der Waals surface area contributed by atoms with Crippen LogP contribution in [-0.2, 0) is 0 Å². The van der Waals surface area contributed by atoms with Crippen molar-refractivity contribution >= 4 is 23.4 Å². The van der Waals surface area contributed by atoms with Crippen LogP contribution in [0.4, 0.5) is 0 Å². The predicted octanol–water partition coefficient (Wildman–Crippen LogP) is 2.98. The zero-order valence-electron chi connectivity index (χ0n) is 8.01. The second kappa shape index (κ2) is 4.59. The van der Waals surface area contributed by atoms with Crippen LogP contribution in [0.1, 0.15) is 5.56 Å². The molecule has 0 aliphatic carbocycles. The van der Waals surface area contributed by atoms with E-state index < -0.39 is 0 Å². The fourth-order valence-electron chi connectivity index (χ4n) is 1.03. The van der Waals surface area contributed by atoms with Crippen molar-refractivity contribution in [2.45, 2.75) is 16.8 Å². The number of aryl methyl sites for hydroxylation is 1. The second-order valence-electron chi connectivity index (χ2n) is 2.91. The number of hydrogen-bond acceptors (Lipinski definition) is 4. The monoisotopic (exact) mass is 237 g/mol. The summed E-state index contributed by atoms with van der Waals surface area (Å²) in [6.45, 7) is 1.96.